The smallest absolute Gasteiger partial charge is 0.242 e. The molecule has 2 amide bonds. The molecular weight excluding hydrogens is 384 g/mol. The Kier molecular flexibility index (Phi) is 8.03. The van der Waals surface area contributed by atoms with E-state index in [1.807, 2.05) is 24.3 Å². The molecule has 0 aliphatic carbocycles. The Morgan fingerprint density at radius 1 is 0.963 bits per heavy atom. The molecule has 0 saturated heterocycles. The second kappa shape index (κ2) is 10.5. The fourth-order valence-electron chi connectivity index (χ4n) is 2.28. The van der Waals surface area contributed by atoms with Gasteiger partial charge in [-0.3, -0.25) is 20.4 Å². The summed E-state index contributed by atoms with van der Waals surface area (Å²) >= 11 is 11.0. The quantitative estimate of drug-likeness (QED) is 0.439. The van der Waals surface area contributed by atoms with Crippen LogP contribution in [0.1, 0.15) is 18.1 Å². The van der Waals surface area contributed by atoms with Crippen LogP contribution < -0.4 is 21.5 Å². The molecule has 0 bridgehead atoms. The number of carbonyl (C=O) groups is 2. The zero-order valence-electron chi connectivity index (χ0n) is 14.8. The Hall–Kier alpha value is -2.64. The molecule has 2 aromatic carbocycles. The van der Waals surface area contributed by atoms with Gasteiger partial charge in [0.2, 0.25) is 11.8 Å². The molecule has 0 radical (unpaired) electrons. The van der Waals surface area contributed by atoms with Crippen molar-refractivity contribution in [3.63, 3.8) is 0 Å². The van der Waals surface area contributed by atoms with Crippen molar-refractivity contribution in [3.05, 3.63) is 64.7 Å². The lowest BCUT2D eigenvalue weighted by atomic mass is 10.1. The molecule has 6 nitrogen and oxygen atoms in total. The SMILES string of the molecule is CC(=O)Nc1ccc(CC(=O)NNC(=S)NCCc2ccc(Cl)cc2)cc1. The van der Waals surface area contributed by atoms with Gasteiger partial charge in [-0.05, 0) is 54.0 Å². The molecule has 4 N–H and O–H groups in total. The Morgan fingerprint density at radius 3 is 2.22 bits per heavy atom. The predicted octanol–water partition coefficient (Wildman–Crippen LogP) is 2.58. The van der Waals surface area contributed by atoms with Crippen LogP contribution >= 0.6 is 23.8 Å². The van der Waals surface area contributed by atoms with Crippen LogP contribution in [0, 0.1) is 0 Å². The summed E-state index contributed by atoms with van der Waals surface area (Å²) in [6.45, 7) is 2.08. The first kappa shape index (κ1) is 20.7. The molecule has 0 heterocycles. The molecule has 2 rings (SSSR count). The standard InChI is InChI=1S/C19H21ClN4O2S/c1-13(25)22-17-8-4-15(5-9-17)12-18(26)23-24-19(27)21-11-10-14-2-6-16(20)7-3-14/h2-9H,10-12H2,1H3,(H,22,25)(H,23,26)(H2,21,24,27). The maximum absolute atomic E-state index is 12.0. The molecular formula is C19H21ClN4O2S. The first-order valence-corrected chi connectivity index (χ1v) is 9.14. The highest BCUT2D eigenvalue weighted by molar-refractivity contribution is 7.80. The van der Waals surface area contributed by atoms with E-state index in [9.17, 15) is 9.59 Å². The van der Waals surface area contributed by atoms with E-state index in [4.69, 9.17) is 23.8 Å². The number of rotatable bonds is 6. The van der Waals surface area contributed by atoms with E-state index >= 15 is 0 Å². The summed E-state index contributed by atoms with van der Waals surface area (Å²) in [7, 11) is 0. The normalized spacial score (nSPS) is 10.0. The zero-order chi connectivity index (χ0) is 19.6. The summed E-state index contributed by atoms with van der Waals surface area (Å²) in [5.74, 6) is -0.356. The molecule has 0 aliphatic heterocycles. The first-order valence-electron chi connectivity index (χ1n) is 8.36. The van der Waals surface area contributed by atoms with Gasteiger partial charge in [-0.15, -0.1) is 0 Å². The minimum Gasteiger partial charge on any atom is -0.361 e. The maximum Gasteiger partial charge on any atom is 0.242 e. The van der Waals surface area contributed by atoms with Crippen molar-refractivity contribution in [2.75, 3.05) is 11.9 Å². The first-order chi connectivity index (χ1) is 12.9. The lowest BCUT2D eigenvalue weighted by Crippen LogP contribution is -2.47. The number of amides is 2. The number of benzene rings is 2. The van der Waals surface area contributed by atoms with E-state index < -0.39 is 0 Å². The van der Waals surface area contributed by atoms with E-state index in [-0.39, 0.29) is 18.2 Å². The van der Waals surface area contributed by atoms with Crippen LogP contribution in [0.3, 0.4) is 0 Å². The predicted molar refractivity (Wildman–Crippen MR) is 111 cm³/mol. The minimum atomic E-state index is -0.218. The van der Waals surface area contributed by atoms with Crippen molar-refractivity contribution in [2.45, 2.75) is 19.8 Å². The van der Waals surface area contributed by atoms with Crippen LogP contribution in [0.15, 0.2) is 48.5 Å². The van der Waals surface area contributed by atoms with Crippen LogP contribution in [0.2, 0.25) is 5.02 Å². The highest BCUT2D eigenvalue weighted by Gasteiger charge is 2.05. The van der Waals surface area contributed by atoms with Gasteiger partial charge in [0.25, 0.3) is 0 Å². The Morgan fingerprint density at radius 2 is 1.59 bits per heavy atom. The van der Waals surface area contributed by atoms with Gasteiger partial charge in [0.05, 0.1) is 6.42 Å². The van der Waals surface area contributed by atoms with Crippen molar-refractivity contribution in [1.82, 2.24) is 16.2 Å². The van der Waals surface area contributed by atoms with E-state index in [0.29, 0.717) is 22.4 Å². The van der Waals surface area contributed by atoms with E-state index in [2.05, 4.69) is 21.5 Å². The number of anilines is 1. The number of nitrogens with one attached hydrogen (secondary N) is 4. The van der Waals surface area contributed by atoms with Gasteiger partial charge in [-0.25, -0.2) is 0 Å². The third-order valence-electron chi connectivity index (χ3n) is 3.57. The lowest BCUT2D eigenvalue weighted by molar-refractivity contribution is -0.121. The molecule has 142 valence electrons. The van der Waals surface area contributed by atoms with Crippen LogP contribution in [-0.4, -0.2) is 23.5 Å². The average Bonchev–Trinajstić information content (AvgIpc) is 2.63. The van der Waals surface area contributed by atoms with Crippen LogP contribution in [0.5, 0.6) is 0 Å². The highest BCUT2D eigenvalue weighted by Crippen LogP contribution is 2.10. The van der Waals surface area contributed by atoms with Crippen molar-refractivity contribution in [1.29, 1.82) is 0 Å². The molecule has 0 unspecified atom stereocenters. The Labute approximate surface area is 168 Å². The molecule has 0 spiro atoms. The monoisotopic (exact) mass is 404 g/mol. The molecule has 27 heavy (non-hydrogen) atoms. The van der Waals surface area contributed by atoms with E-state index in [1.54, 1.807) is 24.3 Å². The minimum absolute atomic E-state index is 0.137. The summed E-state index contributed by atoms with van der Waals surface area (Å²) in [6, 6.07) is 14.7. The average molecular weight is 405 g/mol. The van der Waals surface area contributed by atoms with Crippen molar-refractivity contribution < 1.29 is 9.59 Å². The number of hydrazine groups is 1. The fourth-order valence-corrected chi connectivity index (χ4v) is 2.56. The molecule has 0 saturated carbocycles. The summed E-state index contributed by atoms with van der Waals surface area (Å²) in [5.41, 5.74) is 7.89. The number of hydrogen-bond donors (Lipinski definition) is 4. The summed E-state index contributed by atoms with van der Waals surface area (Å²) in [5, 5.41) is 6.75. The van der Waals surface area contributed by atoms with Gasteiger partial charge < -0.3 is 10.6 Å². The van der Waals surface area contributed by atoms with E-state index in [1.165, 1.54) is 6.92 Å². The lowest BCUT2D eigenvalue weighted by Gasteiger charge is -2.12. The maximum atomic E-state index is 12.0. The van der Waals surface area contributed by atoms with Gasteiger partial charge in [0, 0.05) is 24.2 Å². The number of carbonyl (C=O) groups excluding carboxylic acids is 2. The van der Waals surface area contributed by atoms with Gasteiger partial charge in [0.15, 0.2) is 5.11 Å². The molecule has 0 aliphatic rings. The topological polar surface area (TPSA) is 82.3 Å². The van der Waals surface area contributed by atoms with Crippen molar-refractivity contribution >= 4 is 46.4 Å². The molecule has 0 fully saturated rings. The van der Waals surface area contributed by atoms with Crippen molar-refractivity contribution in [2.24, 2.45) is 0 Å². The zero-order valence-corrected chi connectivity index (χ0v) is 16.4. The number of thiocarbonyl (C=S) groups is 1. The Bertz CT molecular complexity index is 794. The van der Waals surface area contributed by atoms with Gasteiger partial charge >= 0.3 is 0 Å². The molecule has 2 aromatic rings. The van der Waals surface area contributed by atoms with Crippen molar-refractivity contribution in [3.8, 4) is 0 Å². The summed E-state index contributed by atoms with van der Waals surface area (Å²) in [4.78, 5) is 23.0. The summed E-state index contributed by atoms with van der Waals surface area (Å²) in [6.07, 6.45) is 0.980. The number of halogens is 1. The van der Waals surface area contributed by atoms with Gasteiger partial charge in [0.1, 0.15) is 0 Å². The molecule has 8 heteroatoms. The van der Waals surface area contributed by atoms with Gasteiger partial charge in [-0.2, -0.15) is 0 Å². The number of hydrogen-bond acceptors (Lipinski definition) is 3. The van der Waals surface area contributed by atoms with Crippen LogP contribution in [0.25, 0.3) is 0 Å². The summed E-state index contributed by atoms with van der Waals surface area (Å²) < 4.78 is 0. The third kappa shape index (κ3) is 8.06. The molecule has 0 aromatic heterocycles. The van der Waals surface area contributed by atoms with E-state index in [0.717, 1.165) is 17.5 Å². The van der Waals surface area contributed by atoms with Crippen LogP contribution in [-0.2, 0) is 22.4 Å². The highest BCUT2D eigenvalue weighted by atomic mass is 35.5. The second-order valence-electron chi connectivity index (χ2n) is 5.86. The third-order valence-corrected chi connectivity index (χ3v) is 4.07. The fraction of sp³-hybridized carbons (Fsp3) is 0.211. The van der Waals surface area contributed by atoms with Gasteiger partial charge in [-0.1, -0.05) is 35.9 Å². The Balaban J connectivity index is 1.66. The second-order valence-corrected chi connectivity index (χ2v) is 6.71. The molecule has 0 atom stereocenters. The van der Waals surface area contributed by atoms with Crippen LogP contribution in [0.4, 0.5) is 5.69 Å². The largest absolute Gasteiger partial charge is 0.361 e.